The third-order valence-electron chi connectivity index (χ3n) is 6.16. The molecule has 4 N–H and O–H groups in total. The lowest BCUT2D eigenvalue weighted by atomic mass is 10.1. The van der Waals surface area contributed by atoms with E-state index >= 15 is 0 Å². The number of anilines is 2. The van der Waals surface area contributed by atoms with E-state index in [0.29, 0.717) is 68.0 Å². The van der Waals surface area contributed by atoms with E-state index in [-0.39, 0.29) is 12.4 Å². The van der Waals surface area contributed by atoms with Gasteiger partial charge in [-0.3, -0.25) is 4.31 Å². The Kier molecular flexibility index (Phi) is 8.25. The summed E-state index contributed by atoms with van der Waals surface area (Å²) in [5, 5.41) is 21.2. The van der Waals surface area contributed by atoms with Crippen LogP contribution in [0.4, 0.5) is 25.5 Å². The predicted octanol–water partition coefficient (Wildman–Crippen LogP) is 5.32. The third kappa shape index (κ3) is 5.19. The number of aryl methyl sites for hydroxylation is 1. The number of nitrogen functional groups attached to an aromatic ring is 1. The van der Waals surface area contributed by atoms with E-state index in [1.165, 1.54) is 45.4 Å². The Hall–Kier alpha value is -4.00. The van der Waals surface area contributed by atoms with Crippen LogP contribution in [0, 0.1) is 5.82 Å². The Balaban J connectivity index is 1.32. The van der Waals surface area contributed by atoms with Crippen molar-refractivity contribution in [1.29, 1.82) is 0 Å². The minimum atomic E-state index is -3.49. The van der Waals surface area contributed by atoms with E-state index in [4.69, 9.17) is 15.3 Å². The number of oxime groups is 1. The van der Waals surface area contributed by atoms with Crippen molar-refractivity contribution in [1.82, 2.24) is 9.29 Å². The highest BCUT2D eigenvalue weighted by Gasteiger charge is 2.53. The Labute approximate surface area is 220 Å². The van der Waals surface area contributed by atoms with Gasteiger partial charge in [0.2, 0.25) is 0 Å². The molecule has 38 heavy (non-hydrogen) atoms. The summed E-state index contributed by atoms with van der Waals surface area (Å²) >= 11 is 0. The molecule has 0 bridgehead atoms. The number of carboxylic acid groups (broad SMARTS) is 2. The van der Waals surface area contributed by atoms with Gasteiger partial charge in [0, 0.05) is 42.8 Å². The molecule has 4 rings (SSSR count). The molecule has 2 aromatic rings. The predicted molar refractivity (Wildman–Crippen MR) is 143 cm³/mol. The van der Waals surface area contributed by atoms with Crippen LogP contribution in [0.15, 0.2) is 48.0 Å². The van der Waals surface area contributed by atoms with E-state index in [1.54, 1.807) is 0 Å². The van der Waals surface area contributed by atoms with Gasteiger partial charge in [-0.05, 0) is 56.7 Å². The summed E-state index contributed by atoms with van der Waals surface area (Å²) in [5.41, 5.74) is 7.98. The van der Waals surface area contributed by atoms with Gasteiger partial charge in [-0.1, -0.05) is 5.16 Å². The molecule has 1 aromatic carbocycles. The average Bonchev–Trinajstić information content (AvgIpc) is 3.47. The second-order valence-electron chi connectivity index (χ2n) is 8.59. The van der Waals surface area contributed by atoms with Crippen LogP contribution in [-0.2, 0) is 11.3 Å². The second kappa shape index (κ2) is 11.6. The van der Waals surface area contributed by atoms with Gasteiger partial charge in [0.05, 0.1) is 18.0 Å². The number of halogens is 1. The zero-order chi connectivity index (χ0) is 27.3. The summed E-state index contributed by atoms with van der Waals surface area (Å²) in [6.45, 7) is 2.80. The fourth-order valence-electron chi connectivity index (χ4n) is 4.47. The quantitative estimate of drug-likeness (QED) is 0.263. The van der Waals surface area contributed by atoms with Crippen molar-refractivity contribution < 1.29 is 33.8 Å². The van der Waals surface area contributed by atoms with Gasteiger partial charge in [0.1, 0.15) is 34.4 Å². The highest BCUT2D eigenvalue weighted by atomic mass is 32.3. The molecule has 0 unspecified atom stereocenters. The summed E-state index contributed by atoms with van der Waals surface area (Å²) in [6.07, 6.45) is 7.42. The zero-order valence-electron chi connectivity index (χ0n) is 20.9. The first kappa shape index (κ1) is 27.0. The monoisotopic (exact) mass is 547 g/mol. The zero-order valence-corrected chi connectivity index (χ0v) is 21.7. The van der Waals surface area contributed by atoms with Crippen molar-refractivity contribution >= 4 is 38.2 Å². The molecule has 1 aromatic heterocycles. The second-order valence-corrected chi connectivity index (χ2v) is 11.2. The van der Waals surface area contributed by atoms with Gasteiger partial charge in [-0.2, -0.15) is 0 Å². The highest BCUT2D eigenvalue weighted by Crippen LogP contribution is 2.61. The molecular formula is C25H30FN5O6S. The molecule has 0 atom stereocenters. The largest absolute Gasteiger partial charge is 0.493 e. The van der Waals surface area contributed by atoms with Crippen molar-refractivity contribution in [2.45, 2.75) is 39.0 Å². The Bertz CT molecular complexity index is 1260. The van der Waals surface area contributed by atoms with Crippen LogP contribution >= 0.6 is 10.4 Å². The van der Waals surface area contributed by atoms with Crippen LogP contribution < -0.4 is 14.8 Å². The van der Waals surface area contributed by atoms with Crippen molar-refractivity contribution in [3.63, 3.8) is 0 Å². The Morgan fingerprint density at radius 2 is 1.95 bits per heavy atom. The first-order valence-electron chi connectivity index (χ1n) is 12.2. The lowest BCUT2D eigenvalue weighted by Crippen LogP contribution is -2.39. The van der Waals surface area contributed by atoms with Crippen LogP contribution in [-0.4, -0.2) is 55.6 Å². The van der Waals surface area contributed by atoms with E-state index in [1.807, 2.05) is 13.0 Å². The van der Waals surface area contributed by atoms with Crippen LogP contribution in [0.2, 0.25) is 0 Å². The highest BCUT2D eigenvalue weighted by molar-refractivity contribution is 8.54. The third-order valence-corrected chi connectivity index (χ3v) is 9.02. The molecule has 2 heterocycles. The molecule has 0 spiro atoms. The molecule has 204 valence electrons. The number of carbonyl (C=O) groups is 2. The van der Waals surface area contributed by atoms with Gasteiger partial charge in [0.25, 0.3) is 0 Å². The summed E-state index contributed by atoms with van der Waals surface area (Å²) in [6, 6.07) is 6.12. The summed E-state index contributed by atoms with van der Waals surface area (Å²) in [4.78, 5) is 33.6. The minimum absolute atomic E-state index is 0.153. The van der Waals surface area contributed by atoms with Crippen LogP contribution in [0.25, 0.3) is 0 Å². The molecule has 1 aliphatic carbocycles. The lowest BCUT2D eigenvalue weighted by molar-refractivity contribution is 0.158. The lowest BCUT2D eigenvalue weighted by Gasteiger charge is -2.42. The molecule has 13 heteroatoms. The number of unbranched alkanes of at least 4 members (excludes halogenated alkanes) is 2. The molecule has 1 aliphatic heterocycles. The minimum Gasteiger partial charge on any atom is -0.493 e. The number of hydrogen-bond acceptors (Lipinski definition) is 9. The Morgan fingerprint density at radius 1 is 1.16 bits per heavy atom. The molecule has 0 saturated heterocycles. The van der Waals surface area contributed by atoms with Crippen molar-refractivity contribution in [2.75, 3.05) is 29.8 Å². The maximum atomic E-state index is 14.7. The van der Waals surface area contributed by atoms with Crippen LogP contribution in [0.1, 0.15) is 43.7 Å². The first-order chi connectivity index (χ1) is 18.3. The molecular weight excluding hydrogens is 517 g/mol. The molecule has 0 amide bonds. The number of rotatable bonds is 10. The number of nitrogens with zero attached hydrogens (tertiary/aromatic N) is 4. The van der Waals surface area contributed by atoms with E-state index in [9.17, 15) is 24.2 Å². The van der Waals surface area contributed by atoms with Crippen LogP contribution in [0.5, 0.6) is 5.75 Å². The van der Waals surface area contributed by atoms with Gasteiger partial charge in [0.15, 0.2) is 0 Å². The number of ether oxygens (including phenoxy) is 1. The fraction of sp³-hybridized carbons (Fsp3) is 0.360. The molecule has 0 radical (unpaired) electrons. The molecule has 0 fully saturated rings. The maximum Gasteiger partial charge on any atom is 0.393 e. The SMILES string of the molecule is CCO/N=C1\CCc2cc(OCCCCCN3C=CN(c4ccnc(N)c4)S3(C(=O)O)C(=O)O)cc(F)c21. The average molecular weight is 548 g/mol. The number of fused-ring (bicyclic) bond motifs is 1. The van der Waals surface area contributed by atoms with Crippen molar-refractivity contribution in [3.05, 3.63) is 59.8 Å². The standard InChI is InChI=1S/C25H30FN5O6S/c1-2-37-29-21-7-6-17-14-19(16-20(26)23(17)21)36-13-5-3-4-10-30-11-12-31(18-8-9-28-22(27)15-18)38(30,24(32)33)25(34)35/h8-9,11-12,14-16H,2-7,10,13H2,1H3,(H2,27,28)(H,32,33)(H,34,35)/b29-21+. The number of benzene rings is 1. The molecule has 0 saturated carbocycles. The van der Waals surface area contributed by atoms with E-state index in [0.717, 1.165) is 5.56 Å². The van der Waals surface area contributed by atoms with E-state index in [2.05, 4.69) is 10.1 Å². The summed E-state index contributed by atoms with van der Waals surface area (Å²) in [5.74, 6) is 0.200. The number of nitrogens with two attached hydrogens (primary N) is 1. The van der Waals surface area contributed by atoms with Gasteiger partial charge in [-0.15, -0.1) is 0 Å². The van der Waals surface area contributed by atoms with Crippen molar-refractivity contribution in [3.8, 4) is 5.75 Å². The maximum absolute atomic E-state index is 14.7. The summed E-state index contributed by atoms with van der Waals surface area (Å²) in [7, 11) is -3.49. The first-order valence-corrected chi connectivity index (χ1v) is 13.7. The molecule has 2 aliphatic rings. The number of hydrogen-bond donors (Lipinski definition) is 3. The van der Waals surface area contributed by atoms with Gasteiger partial charge >= 0.3 is 10.6 Å². The van der Waals surface area contributed by atoms with Gasteiger partial charge < -0.3 is 29.8 Å². The number of aromatic nitrogens is 1. The fourth-order valence-corrected chi connectivity index (χ4v) is 6.86. The van der Waals surface area contributed by atoms with Crippen LogP contribution in [0.3, 0.4) is 0 Å². The smallest absolute Gasteiger partial charge is 0.393 e. The van der Waals surface area contributed by atoms with Gasteiger partial charge in [-0.25, -0.2) is 19.0 Å². The van der Waals surface area contributed by atoms with Crippen molar-refractivity contribution in [2.24, 2.45) is 5.16 Å². The Morgan fingerprint density at radius 3 is 2.66 bits per heavy atom. The topological polar surface area (TPSA) is 151 Å². The molecule has 11 nitrogen and oxygen atoms in total. The number of pyridine rings is 1. The normalized spacial score (nSPS) is 17.5. The van der Waals surface area contributed by atoms with E-state index < -0.39 is 26.8 Å². The summed E-state index contributed by atoms with van der Waals surface area (Å²) < 4.78 is 23.0.